The SMILES string of the molecule is CCOC(=O)CNc1nc(NC)nc2sc(CC)cc12. The summed E-state index contributed by atoms with van der Waals surface area (Å²) in [6.07, 6.45) is 0.952. The van der Waals surface area contributed by atoms with Crippen LogP contribution in [0.2, 0.25) is 0 Å². The van der Waals surface area contributed by atoms with E-state index in [9.17, 15) is 4.79 Å². The number of esters is 1. The predicted octanol–water partition coefficient (Wildman–Crippen LogP) is 2.27. The molecule has 2 rings (SSSR count). The van der Waals surface area contributed by atoms with Crippen LogP contribution in [0, 0.1) is 0 Å². The van der Waals surface area contributed by atoms with Crippen LogP contribution in [0.1, 0.15) is 18.7 Å². The van der Waals surface area contributed by atoms with Crippen LogP contribution in [0.3, 0.4) is 0 Å². The van der Waals surface area contributed by atoms with Crippen LogP contribution in [0.4, 0.5) is 11.8 Å². The summed E-state index contributed by atoms with van der Waals surface area (Å²) in [6, 6.07) is 2.06. The molecule has 2 aromatic heterocycles. The Morgan fingerprint density at radius 1 is 1.40 bits per heavy atom. The molecule has 2 aromatic rings. The average Bonchev–Trinajstić information content (AvgIpc) is 2.87. The molecule has 0 radical (unpaired) electrons. The molecular weight excluding hydrogens is 276 g/mol. The molecule has 0 saturated carbocycles. The van der Waals surface area contributed by atoms with Crippen molar-refractivity contribution < 1.29 is 9.53 Å². The Balaban J connectivity index is 2.29. The summed E-state index contributed by atoms with van der Waals surface area (Å²) in [7, 11) is 1.77. The van der Waals surface area contributed by atoms with E-state index in [-0.39, 0.29) is 12.5 Å². The predicted molar refractivity (Wildman–Crippen MR) is 81.5 cm³/mol. The summed E-state index contributed by atoms with van der Waals surface area (Å²) in [5, 5.41) is 6.89. The third-order valence-electron chi connectivity index (χ3n) is 2.72. The number of nitrogens with one attached hydrogen (secondary N) is 2. The zero-order chi connectivity index (χ0) is 14.5. The summed E-state index contributed by atoms with van der Waals surface area (Å²) < 4.78 is 4.90. The van der Waals surface area contributed by atoms with E-state index in [0.717, 1.165) is 16.6 Å². The van der Waals surface area contributed by atoms with E-state index in [1.54, 1.807) is 25.3 Å². The maximum Gasteiger partial charge on any atom is 0.325 e. The second-order valence-electron chi connectivity index (χ2n) is 4.09. The smallest absolute Gasteiger partial charge is 0.325 e. The number of ether oxygens (including phenoxy) is 1. The van der Waals surface area contributed by atoms with Gasteiger partial charge in [0.05, 0.1) is 12.0 Å². The summed E-state index contributed by atoms with van der Waals surface area (Å²) in [6.45, 7) is 4.36. The molecule has 0 spiro atoms. The average molecular weight is 294 g/mol. The minimum atomic E-state index is -0.295. The highest BCUT2D eigenvalue weighted by Crippen LogP contribution is 2.30. The zero-order valence-corrected chi connectivity index (χ0v) is 12.6. The Morgan fingerprint density at radius 2 is 2.20 bits per heavy atom. The fraction of sp³-hybridized carbons (Fsp3) is 0.462. The normalized spacial score (nSPS) is 10.6. The van der Waals surface area contributed by atoms with Crippen molar-refractivity contribution in [1.29, 1.82) is 0 Å². The molecule has 0 atom stereocenters. The van der Waals surface area contributed by atoms with Gasteiger partial charge in [0, 0.05) is 11.9 Å². The lowest BCUT2D eigenvalue weighted by Gasteiger charge is -2.08. The first-order chi connectivity index (χ1) is 9.67. The highest BCUT2D eigenvalue weighted by molar-refractivity contribution is 7.18. The maximum absolute atomic E-state index is 11.4. The fourth-order valence-electron chi connectivity index (χ4n) is 1.76. The molecule has 0 aromatic carbocycles. The van der Waals surface area contributed by atoms with Gasteiger partial charge in [-0.3, -0.25) is 4.79 Å². The highest BCUT2D eigenvalue weighted by Gasteiger charge is 2.12. The second-order valence-corrected chi connectivity index (χ2v) is 5.20. The molecule has 2 heterocycles. The molecule has 6 nitrogen and oxygen atoms in total. The van der Waals surface area contributed by atoms with Crippen molar-refractivity contribution in [2.24, 2.45) is 0 Å². The van der Waals surface area contributed by atoms with Crippen LogP contribution in [-0.4, -0.2) is 36.1 Å². The van der Waals surface area contributed by atoms with E-state index < -0.39 is 0 Å². The quantitative estimate of drug-likeness (QED) is 0.796. The number of aromatic nitrogens is 2. The van der Waals surface area contributed by atoms with Crippen molar-refractivity contribution in [3.63, 3.8) is 0 Å². The van der Waals surface area contributed by atoms with Crippen molar-refractivity contribution in [3.8, 4) is 0 Å². The van der Waals surface area contributed by atoms with Gasteiger partial charge >= 0.3 is 5.97 Å². The molecule has 108 valence electrons. The van der Waals surface area contributed by atoms with Gasteiger partial charge in [-0.2, -0.15) is 4.98 Å². The number of carbonyl (C=O) groups is 1. The molecule has 0 bridgehead atoms. The summed E-state index contributed by atoms with van der Waals surface area (Å²) in [5.74, 6) is 0.896. The number of nitrogens with zero attached hydrogens (tertiary/aromatic N) is 2. The number of aryl methyl sites for hydroxylation is 1. The van der Waals surface area contributed by atoms with Crippen LogP contribution in [0.15, 0.2) is 6.07 Å². The summed E-state index contributed by atoms with van der Waals surface area (Å²) in [5.41, 5.74) is 0. The maximum atomic E-state index is 11.4. The van der Waals surface area contributed by atoms with Gasteiger partial charge in [-0.1, -0.05) is 6.92 Å². The number of hydrogen-bond acceptors (Lipinski definition) is 7. The number of fused-ring (bicyclic) bond motifs is 1. The minimum absolute atomic E-state index is 0.0976. The number of hydrogen-bond donors (Lipinski definition) is 2. The van der Waals surface area contributed by atoms with Gasteiger partial charge in [0.15, 0.2) is 0 Å². The third kappa shape index (κ3) is 3.16. The molecule has 7 heteroatoms. The standard InChI is InChI=1S/C13H18N4O2S/c1-4-8-6-9-11(15-7-10(18)19-5-2)16-13(14-3)17-12(9)20-8/h6H,4-5,7H2,1-3H3,(H2,14,15,16,17). The Bertz CT molecular complexity index is 612. The summed E-state index contributed by atoms with van der Waals surface area (Å²) >= 11 is 1.64. The van der Waals surface area contributed by atoms with Crippen LogP contribution >= 0.6 is 11.3 Å². The van der Waals surface area contributed by atoms with Gasteiger partial charge in [-0.15, -0.1) is 11.3 Å². The molecule has 0 unspecified atom stereocenters. The highest BCUT2D eigenvalue weighted by atomic mass is 32.1. The molecule has 2 N–H and O–H groups in total. The van der Waals surface area contributed by atoms with E-state index in [4.69, 9.17) is 4.74 Å². The van der Waals surface area contributed by atoms with Crippen LogP contribution in [0.5, 0.6) is 0 Å². The van der Waals surface area contributed by atoms with Gasteiger partial charge in [-0.25, -0.2) is 4.98 Å². The molecule has 20 heavy (non-hydrogen) atoms. The second kappa shape index (κ2) is 6.51. The van der Waals surface area contributed by atoms with E-state index in [0.29, 0.717) is 18.4 Å². The molecule has 0 aliphatic heterocycles. The van der Waals surface area contributed by atoms with Crippen molar-refractivity contribution in [2.45, 2.75) is 20.3 Å². The van der Waals surface area contributed by atoms with Gasteiger partial charge in [0.2, 0.25) is 5.95 Å². The first kappa shape index (κ1) is 14.5. The van der Waals surface area contributed by atoms with E-state index in [2.05, 4.69) is 33.6 Å². The zero-order valence-electron chi connectivity index (χ0n) is 11.8. The van der Waals surface area contributed by atoms with Crippen molar-refractivity contribution in [2.75, 3.05) is 30.8 Å². The van der Waals surface area contributed by atoms with Crippen molar-refractivity contribution in [1.82, 2.24) is 9.97 Å². The Morgan fingerprint density at radius 3 is 2.85 bits per heavy atom. The molecule has 0 saturated heterocycles. The Labute approximate surface area is 121 Å². The first-order valence-electron chi connectivity index (χ1n) is 6.55. The molecule has 0 aliphatic carbocycles. The third-order valence-corrected chi connectivity index (χ3v) is 3.89. The van der Waals surface area contributed by atoms with Crippen LogP contribution < -0.4 is 10.6 Å². The molecular formula is C13H18N4O2S. The Hall–Kier alpha value is -1.89. The van der Waals surface area contributed by atoms with E-state index >= 15 is 0 Å². The summed E-state index contributed by atoms with van der Waals surface area (Å²) in [4.78, 5) is 22.4. The minimum Gasteiger partial charge on any atom is -0.465 e. The number of anilines is 2. The largest absolute Gasteiger partial charge is 0.465 e. The van der Waals surface area contributed by atoms with Gasteiger partial charge < -0.3 is 15.4 Å². The van der Waals surface area contributed by atoms with E-state index in [1.807, 2.05) is 0 Å². The van der Waals surface area contributed by atoms with E-state index in [1.165, 1.54) is 4.88 Å². The lowest BCUT2D eigenvalue weighted by Crippen LogP contribution is -2.17. The lowest BCUT2D eigenvalue weighted by atomic mass is 10.3. The molecule has 0 fully saturated rings. The fourth-order valence-corrected chi connectivity index (χ4v) is 2.73. The molecule has 0 amide bonds. The van der Waals surface area contributed by atoms with Crippen LogP contribution in [0.25, 0.3) is 10.2 Å². The van der Waals surface area contributed by atoms with Gasteiger partial charge in [0.25, 0.3) is 0 Å². The Kier molecular flexibility index (Phi) is 4.73. The number of rotatable bonds is 6. The molecule has 0 aliphatic rings. The van der Waals surface area contributed by atoms with Crippen LogP contribution in [-0.2, 0) is 16.0 Å². The van der Waals surface area contributed by atoms with Gasteiger partial charge in [0.1, 0.15) is 17.2 Å². The monoisotopic (exact) mass is 294 g/mol. The lowest BCUT2D eigenvalue weighted by molar-refractivity contribution is -0.140. The van der Waals surface area contributed by atoms with Crippen molar-refractivity contribution in [3.05, 3.63) is 10.9 Å². The van der Waals surface area contributed by atoms with Gasteiger partial charge in [-0.05, 0) is 19.4 Å². The van der Waals surface area contributed by atoms with Crippen molar-refractivity contribution >= 4 is 39.3 Å². The first-order valence-corrected chi connectivity index (χ1v) is 7.37. The number of thiophene rings is 1. The number of carbonyl (C=O) groups excluding carboxylic acids is 1. The topological polar surface area (TPSA) is 76.1 Å².